The Morgan fingerprint density at radius 3 is 2.20 bits per heavy atom. The standard InChI is InChI=1S/C38H69NO3Si2/c1-28(27-39-21-23-40-24-22-39)33-18-19-34-30(15-14-20-38(33,34)9)16-17-31-25-32(41-43(10,11)36(3,4)5)26-35(29(31)2)42-44(12,13)37(6,7)8/h16-17,28,32-35H,2,14-15,18-27H2,1,3-13H3/b30-16+,31-17-/t28-,32?,33-,34+,35?,38-/m1/s1. The van der Waals surface area contributed by atoms with Gasteiger partial charge in [-0.3, -0.25) is 4.90 Å². The highest BCUT2D eigenvalue weighted by atomic mass is 28.4. The molecule has 3 aliphatic carbocycles. The third kappa shape index (κ3) is 7.95. The number of hydrogen-bond acceptors (Lipinski definition) is 4. The van der Waals surface area contributed by atoms with Gasteiger partial charge in [-0.2, -0.15) is 0 Å². The van der Waals surface area contributed by atoms with Crippen LogP contribution in [0.3, 0.4) is 0 Å². The number of hydrogen-bond donors (Lipinski definition) is 0. The number of fused-ring (bicyclic) bond motifs is 1. The molecule has 0 radical (unpaired) electrons. The van der Waals surface area contributed by atoms with E-state index in [1.165, 1.54) is 49.8 Å². The van der Waals surface area contributed by atoms with Gasteiger partial charge in [0.1, 0.15) is 0 Å². The Balaban J connectivity index is 1.57. The maximum Gasteiger partial charge on any atom is 0.192 e. The molecule has 0 N–H and O–H groups in total. The van der Waals surface area contributed by atoms with Gasteiger partial charge in [-0.15, -0.1) is 0 Å². The van der Waals surface area contributed by atoms with E-state index in [1.807, 2.05) is 0 Å². The predicted molar refractivity (Wildman–Crippen MR) is 193 cm³/mol. The molecule has 0 aromatic heterocycles. The Hall–Kier alpha value is -0.506. The molecule has 6 atom stereocenters. The van der Waals surface area contributed by atoms with Crippen LogP contribution in [0.15, 0.2) is 35.5 Å². The van der Waals surface area contributed by atoms with E-state index in [-0.39, 0.29) is 22.3 Å². The number of rotatable bonds is 8. The summed E-state index contributed by atoms with van der Waals surface area (Å²) in [7, 11) is -3.88. The van der Waals surface area contributed by atoms with Crippen LogP contribution in [0, 0.1) is 23.2 Å². The Kier molecular flexibility index (Phi) is 11.2. The average molecular weight is 644 g/mol. The van der Waals surface area contributed by atoms with Gasteiger partial charge in [0.2, 0.25) is 0 Å². The van der Waals surface area contributed by atoms with E-state index in [4.69, 9.17) is 20.2 Å². The first-order chi connectivity index (χ1) is 20.2. The highest BCUT2D eigenvalue weighted by Crippen LogP contribution is 2.59. The van der Waals surface area contributed by atoms with E-state index in [0.29, 0.717) is 11.3 Å². The average Bonchev–Trinajstić information content (AvgIpc) is 3.26. The van der Waals surface area contributed by atoms with Crippen molar-refractivity contribution in [2.75, 3.05) is 32.8 Å². The molecule has 2 unspecified atom stereocenters. The van der Waals surface area contributed by atoms with Gasteiger partial charge in [-0.1, -0.05) is 79.7 Å². The fourth-order valence-electron chi connectivity index (χ4n) is 8.30. The molecule has 0 bridgehead atoms. The highest BCUT2D eigenvalue weighted by Gasteiger charge is 2.51. The second-order valence-electron chi connectivity index (χ2n) is 18.3. The molecule has 6 heteroatoms. The van der Waals surface area contributed by atoms with Crippen molar-refractivity contribution in [2.45, 2.75) is 149 Å². The summed E-state index contributed by atoms with van der Waals surface area (Å²) in [6.07, 6.45) is 13.8. The molecular weight excluding hydrogens is 575 g/mol. The zero-order chi connectivity index (χ0) is 32.7. The lowest BCUT2D eigenvalue weighted by atomic mass is 9.61. The number of nitrogens with zero attached hydrogens (tertiary/aromatic N) is 1. The Bertz CT molecular complexity index is 1070. The molecule has 0 aromatic rings. The third-order valence-electron chi connectivity index (χ3n) is 13.1. The van der Waals surface area contributed by atoms with Gasteiger partial charge in [0.25, 0.3) is 0 Å². The zero-order valence-electron chi connectivity index (χ0n) is 30.9. The fraction of sp³-hybridized carbons (Fsp3) is 0.842. The van der Waals surface area contributed by atoms with Gasteiger partial charge in [-0.05, 0) is 109 Å². The summed E-state index contributed by atoms with van der Waals surface area (Å²) < 4.78 is 19.8. The number of allylic oxidation sites excluding steroid dienone is 3. The zero-order valence-corrected chi connectivity index (χ0v) is 32.9. The van der Waals surface area contributed by atoms with Crippen molar-refractivity contribution in [2.24, 2.45) is 23.2 Å². The van der Waals surface area contributed by atoms with Crippen LogP contribution in [0.2, 0.25) is 36.3 Å². The molecule has 1 saturated heterocycles. The minimum atomic E-state index is -1.96. The summed E-state index contributed by atoms with van der Waals surface area (Å²) >= 11 is 0. The van der Waals surface area contributed by atoms with Crippen molar-refractivity contribution in [3.05, 3.63) is 35.5 Å². The van der Waals surface area contributed by atoms with Crippen molar-refractivity contribution in [1.82, 2.24) is 4.90 Å². The molecule has 4 nitrogen and oxygen atoms in total. The monoisotopic (exact) mass is 643 g/mol. The van der Waals surface area contributed by atoms with E-state index >= 15 is 0 Å². The molecule has 0 spiro atoms. The second kappa shape index (κ2) is 13.5. The molecule has 4 rings (SSSR count). The van der Waals surface area contributed by atoms with Crippen molar-refractivity contribution < 1.29 is 13.6 Å². The van der Waals surface area contributed by atoms with Gasteiger partial charge in [0.15, 0.2) is 16.6 Å². The second-order valence-corrected chi connectivity index (χ2v) is 27.8. The van der Waals surface area contributed by atoms with Crippen LogP contribution in [-0.4, -0.2) is 66.6 Å². The minimum Gasteiger partial charge on any atom is -0.413 e. The predicted octanol–water partition coefficient (Wildman–Crippen LogP) is 10.2. The Morgan fingerprint density at radius 1 is 0.977 bits per heavy atom. The lowest BCUT2D eigenvalue weighted by molar-refractivity contribution is 0.0155. The first kappa shape index (κ1) is 36.3. The fourth-order valence-corrected chi connectivity index (χ4v) is 11.0. The summed E-state index contributed by atoms with van der Waals surface area (Å²) in [6, 6.07) is 0. The van der Waals surface area contributed by atoms with Crippen LogP contribution < -0.4 is 0 Å². The quantitative estimate of drug-likeness (QED) is 0.246. The van der Waals surface area contributed by atoms with Crippen LogP contribution in [0.1, 0.15) is 100 Å². The van der Waals surface area contributed by atoms with Gasteiger partial charge >= 0.3 is 0 Å². The summed E-state index contributed by atoms with van der Waals surface area (Å²) in [5.41, 5.74) is 4.66. The molecule has 1 heterocycles. The van der Waals surface area contributed by atoms with E-state index < -0.39 is 16.6 Å². The summed E-state index contributed by atoms with van der Waals surface area (Å²) in [4.78, 5) is 2.65. The normalized spacial score (nSPS) is 34.0. The van der Waals surface area contributed by atoms with Crippen molar-refractivity contribution in [1.29, 1.82) is 0 Å². The van der Waals surface area contributed by atoms with Crippen molar-refractivity contribution >= 4 is 16.6 Å². The largest absolute Gasteiger partial charge is 0.413 e. The van der Waals surface area contributed by atoms with Gasteiger partial charge < -0.3 is 13.6 Å². The highest BCUT2D eigenvalue weighted by molar-refractivity contribution is 6.74. The summed E-state index contributed by atoms with van der Waals surface area (Å²) in [5.74, 6) is 2.25. The Labute approximate surface area is 274 Å². The van der Waals surface area contributed by atoms with Crippen LogP contribution in [-0.2, 0) is 13.6 Å². The SMILES string of the molecule is C=C1/C(=C\C=C2/CCC[C@]3(C)[C@@H]([C@H](C)CN4CCOCC4)CC[C@@H]23)CC(O[Si](C)(C)C(C)(C)C)CC1O[Si](C)(C)C(C)(C)C. The first-order valence-corrected chi connectivity index (χ1v) is 23.8. The van der Waals surface area contributed by atoms with Gasteiger partial charge in [0.05, 0.1) is 25.4 Å². The lowest BCUT2D eigenvalue weighted by Crippen LogP contribution is -2.49. The maximum absolute atomic E-state index is 7.10. The molecule has 252 valence electrons. The van der Waals surface area contributed by atoms with Crippen LogP contribution >= 0.6 is 0 Å². The Morgan fingerprint density at radius 2 is 1.59 bits per heavy atom. The lowest BCUT2D eigenvalue weighted by Gasteiger charge is -2.46. The van der Waals surface area contributed by atoms with E-state index in [0.717, 1.165) is 51.0 Å². The molecule has 3 saturated carbocycles. The molecule has 4 fully saturated rings. The van der Waals surface area contributed by atoms with Crippen molar-refractivity contribution in [3.63, 3.8) is 0 Å². The summed E-state index contributed by atoms with van der Waals surface area (Å²) in [6.45, 7) is 38.7. The van der Waals surface area contributed by atoms with Crippen LogP contribution in [0.4, 0.5) is 0 Å². The minimum absolute atomic E-state index is 0.0394. The van der Waals surface area contributed by atoms with Gasteiger partial charge in [-0.25, -0.2) is 0 Å². The van der Waals surface area contributed by atoms with Crippen molar-refractivity contribution in [3.8, 4) is 0 Å². The molecular formula is C38H69NO3Si2. The van der Waals surface area contributed by atoms with Gasteiger partial charge in [0, 0.05) is 26.1 Å². The first-order valence-electron chi connectivity index (χ1n) is 18.0. The molecule has 4 aliphatic rings. The smallest absolute Gasteiger partial charge is 0.192 e. The number of ether oxygens (including phenoxy) is 1. The number of morpholine rings is 1. The summed E-state index contributed by atoms with van der Waals surface area (Å²) in [5, 5.41) is 0.352. The molecule has 1 aliphatic heterocycles. The third-order valence-corrected chi connectivity index (χ3v) is 22.1. The van der Waals surface area contributed by atoms with E-state index in [1.54, 1.807) is 5.57 Å². The molecule has 0 aromatic carbocycles. The van der Waals surface area contributed by atoms with Crippen LogP contribution in [0.25, 0.3) is 0 Å². The molecule has 44 heavy (non-hydrogen) atoms. The van der Waals surface area contributed by atoms with E-state index in [2.05, 4.69) is 98.6 Å². The maximum atomic E-state index is 7.10. The van der Waals surface area contributed by atoms with Crippen LogP contribution in [0.5, 0.6) is 0 Å². The topological polar surface area (TPSA) is 30.9 Å². The van der Waals surface area contributed by atoms with E-state index in [9.17, 15) is 0 Å². The molecule has 0 amide bonds.